The number of aliphatic hydroxyl groups excluding tert-OH is 1. The zero-order valence-electron chi connectivity index (χ0n) is 11.6. The number of hydrogen-bond donors (Lipinski definition) is 1. The highest BCUT2D eigenvalue weighted by Crippen LogP contribution is 2.31. The first-order valence-electron chi connectivity index (χ1n) is 7.17. The van der Waals surface area contributed by atoms with Crippen LogP contribution in [0.2, 0.25) is 0 Å². The highest BCUT2D eigenvalue weighted by Gasteiger charge is 2.21. The molecule has 1 N–H and O–H groups in total. The second-order valence-electron chi connectivity index (χ2n) is 5.68. The largest absolute Gasteiger partial charge is 0.396 e. The molecule has 100 valence electrons. The van der Waals surface area contributed by atoms with Gasteiger partial charge in [-0.05, 0) is 42.7 Å². The summed E-state index contributed by atoms with van der Waals surface area (Å²) in [5, 5.41) is 9.10. The van der Waals surface area contributed by atoms with Gasteiger partial charge >= 0.3 is 0 Å². The maximum absolute atomic E-state index is 9.10. The molecule has 1 atom stereocenters. The van der Waals surface area contributed by atoms with Crippen molar-refractivity contribution in [3.8, 4) is 0 Å². The SMILES string of the molecule is CC(C)c1ccccc1N1CCCC(CCO)C1. The zero-order chi connectivity index (χ0) is 13.0. The Hall–Kier alpha value is -1.02. The monoisotopic (exact) mass is 247 g/mol. The third kappa shape index (κ3) is 3.05. The Bertz CT molecular complexity index is 373. The number of para-hydroxylation sites is 1. The van der Waals surface area contributed by atoms with Gasteiger partial charge in [-0.25, -0.2) is 0 Å². The standard InChI is InChI=1S/C16H25NO/c1-13(2)15-7-3-4-8-16(15)17-10-5-6-14(12-17)9-11-18/h3-4,7-8,13-14,18H,5-6,9-12H2,1-2H3. The predicted molar refractivity (Wildman–Crippen MR) is 77.2 cm³/mol. The van der Waals surface area contributed by atoms with E-state index in [-0.39, 0.29) is 0 Å². The van der Waals surface area contributed by atoms with Gasteiger partial charge in [0.25, 0.3) is 0 Å². The van der Waals surface area contributed by atoms with E-state index in [2.05, 4.69) is 43.0 Å². The van der Waals surface area contributed by atoms with Crippen molar-refractivity contribution in [3.05, 3.63) is 29.8 Å². The molecule has 0 spiro atoms. The second kappa shape index (κ2) is 6.24. The summed E-state index contributed by atoms with van der Waals surface area (Å²) in [6.07, 6.45) is 3.46. The van der Waals surface area contributed by atoms with E-state index in [1.54, 1.807) is 0 Å². The molecule has 2 nitrogen and oxygen atoms in total. The minimum atomic E-state index is 0.324. The molecule has 1 aliphatic rings. The molecule has 0 bridgehead atoms. The third-order valence-electron chi connectivity index (χ3n) is 3.96. The highest BCUT2D eigenvalue weighted by atomic mass is 16.3. The Kier molecular flexibility index (Phi) is 4.65. The average Bonchev–Trinajstić information content (AvgIpc) is 2.39. The lowest BCUT2D eigenvalue weighted by molar-refractivity contribution is 0.244. The molecular weight excluding hydrogens is 222 g/mol. The van der Waals surface area contributed by atoms with Crippen LogP contribution in [0.4, 0.5) is 5.69 Å². The summed E-state index contributed by atoms with van der Waals surface area (Å²) in [7, 11) is 0. The average molecular weight is 247 g/mol. The maximum atomic E-state index is 9.10. The number of nitrogens with zero attached hydrogens (tertiary/aromatic N) is 1. The van der Waals surface area contributed by atoms with E-state index in [4.69, 9.17) is 5.11 Å². The molecule has 2 rings (SSSR count). The summed E-state index contributed by atoms with van der Waals surface area (Å²) in [6.45, 7) is 7.10. The Labute approximate surface area is 111 Å². The van der Waals surface area contributed by atoms with Gasteiger partial charge in [0.2, 0.25) is 0 Å². The van der Waals surface area contributed by atoms with Gasteiger partial charge in [0.05, 0.1) is 0 Å². The Morgan fingerprint density at radius 2 is 2.11 bits per heavy atom. The summed E-state index contributed by atoms with van der Waals surface area (Å²) in [6, 6.07) is 8.76. The summed E-state index contributed by atoms with van der Waals surface area (Å²) in [5.41, 5.74) is 2.84. The molecule has 0 aromatic heterocycles. The van der Waals surface area contributed by atoms with Crippen LogP contribution in [0.5, 0.6) is 0 Å². The predicted octanol–water partition coefficient (Wildman–Crippen LogP) is 3.41. The number of anilines is 1. The topological polar surface area (TPSA) is 23.5 Å². The molecule has 1 unspecified atom stereocenters. The molecule has 0 amide bonds. The number of benzene rings is 1. The van der Waals surface area contributed by atoms with Crippen molar-refractivity contribution >= 4 is 5.69 Å². The quantitative estimate of drug-likeness (QED) is 0.881. The van der Waals surface area contributed by atoms with Crippen molar-refractivity contribution in [1.82, 2.24) is 0 Å². The highest BCUT2D eigenvalue weighted by molar-refractivity contribution is 5.55. The van der Waals surface area contributed by atoms with E-state index in [1.165, 1.54) is 24.1 Å². The van der Waals surface area contributed by atoms with Crippen LogP contribution >= 0.6 is 0 Å². The summed E-state index contributed by atoms with van der Waals surface area (Å²) in [5.74, 6) is 1.23. The van der Waals surface area contributed by atoms with Crippen molar-refractivity contribution in [1.29, 1.82) is 0 Å². The van der Waals surface area contributed by atoms with E-state index >= 15 is 0 Å². The molecule has 1 saturated heterocycles. The number of hydrogen-bond acceptors (Lipinski definition) is 2. The summed E-state index contributed by atoms with van der Waals surface area (Å²) < 4.78 is 0. The third-order valence-corrected chi connectivity index (χ3v) is 3.96. The number of rotatable bonds is 4. The van der Waals surface area contributed by atoms with Crippen LogP contribution in [-0.2, 0) is 0 Å². The molecule has 0 radical (unpaired) electrons. The molecular formula is C16H25NO. The molecule has 0 saturated carbocycles. The van der Waals surface area contributed by atoms with Crippen LogP contribution in [0.25, 0.3) is 0 Å². The van der Waals surface area contributed by atoms with Crippen molar-refractivity contribution in [3.63, 3.8) is 0 Å². The van der Waals surface area contributed by atoms with Crippen molar-refractivity contribution in [2.45, 2.75) is 39.0 Å². The van der Waals surface area contributed by atoms with Crippen LogP contribution in [0.15, 0.2) is 24.3 Å². The van der Waals surface area contributed by atoms with E-state index in [1.807, 2.05) is 0 Å². The van der Waals surface area contributed by atoms with Crippen LogP contribution < -0.4 is 4.90 Å². The first-order valence-corrected chi connectivity index (χ1v) is 7.17. The van der Waals surface area contributed by atoms with Gasteiger partial charge in [-0.1, -0.05) is 32.0 Å². The van der Waals surface area contributed by atoms with Crippen LogP contribution in [0, 0.1) is 5.92 Å². The molecule has 1 aromatic carbocycles. The van der Waals surface area contributed by atoms with Crippen LogP contribution in [0.3, 0.4) is 0 Å². The summed E-state index contributed by atoms with van der Waals surface area (Å²) in [4.78, 5) is 2.51. The molecule has 1 aliphatic heterocycles. The van der Waals surface area contributed by atoms with E-state index in [9.17, 15) is 0 Å². The molecule has 2 heteroatoms. The van der Waals surface area contributed by atoms with E-state index in [0.717, 1.165) is 19.5 Å². The Morgan fingerprint density at radius 1 is 1.33 bits per heavy atom. The van der Waals surface area contributed by atoms with Crippen molar-refractivity contribution in [2.75, 3.05) is 24.6 Å². The zero-order valence-corrected chi connectivity index (χ0v) is 11.6. The fourth-order valence-corrected chi connectivity index (χ4v) is 2.97. The van der Waals surface area contributed by atoms with Crippen LogP contribution in [0.1, 0.15) is 44.6 Å². The van der Waals surface area contributed by atoms with Crippen molar-refractivity contribution < 1.29 is 5.11 Å². The first kappa shape index (κ1) is 13.4. The first-order chi connectivity index (χ1) is 8.72. The lowest BCUT2D eigenvalue weighted by Gasteiger charge is -2.36. The molecule has 1 fully saturated rings. The van der Waals surface area contributed by atoms with Gasteiger partial charge in [0.1, 0.15) is 0 Å². The van der Waals surface area contributed by atoms with Gasteiger partial charge < -0.3 is 10.0 Å². The lowest BCUT2D eigenvalue weighted by atomic mass is 9.93. The van der Waals surface area contributed by atoms with Gasteiger partial charge in [0.15, 0.2) is 0 Å². The van der Waals surface area contributed by atoms with E-state index < -0.39 is 0 Å². The van der Waals surface area contributed by atoms with Gasteiger partial charge in [0, 0.05) is 25.4 Å². The minimum Gasteiger partial charge on any atom is -0.396 e. The number of piperidine rings is 1. The smallest absolute Gasteiger partial charge is 0.0434 e. The Balaban J connectivity index is 2.15. The normalized spacial score (nSPS) is 20.4. The molecule has 0 aliphatic carbocycles. The molecule has 18 heavy (non-hydrogen) atoms. The fourth-order valence-electron chi connectivity index (χ4n) is 2.97. The van der Waals surface area contributed by atoms with Crippen LogP contribution in [-0.4, -0.2) is 24.8 Å². The van der Waals surface area contributed by atoms with Gasteiger partial charge in [-0.3, -0.25) is 0 Å². The van der Waals surface area contributed by atoms with Crippen molar-refractivity contribution in [2.24, 2.45) is 5.92 Å². The van der Waals surface area contributed by atoms with Gasteiger partial charge in [-0.2, -0.15) is 0 Å². The summed E-state index contributed by atoms with van der Waals surface area (Å²) >= 11 is 0. The Morgan fingerprint density at radius 3 is 2.83 bits per heavy atom. The minimum absolute atomic E-state index is 0.324. The second-order valence-corrected chi connectivity index (χ2v) is 5.68. The number of aliphatic hydroxyl groups is 1. The van der Waals surface area contributed by atoms with Gasteiger partial charge in [-0.15, -0.1) is 0 Å². The lowest BCUT2D eigenvalue weighted by Crippen LogP contribution is -2.36. The fraction of sp³-hybridized carbons (Fsp3) is 0.625. The molecule has 1 heterocycles. The maximum Gasteiger partial charge on any atom is 0.0434 e. The van der Waals surface area contributed by atoms with E-state index in [0.29, 0.717) is 18.4 Å². The molecule has 1 aromatic rings.